The van der Waals surface area contributed by atoms with E-state index < -0.39 is 24.4 Å². The molecule has 0 bridgehead atoms. The number of fused-ring (bicyclic) bond motifs is 4. The van der Waals surface area contributed by atoms with Crippen LogP contribution in [0.25, 0.3) is 44.5 Å². The summed E-state index contributed by atoms with van der Waals surface area (Å²) in [5.74, 6) is 0.755. The molecule has 0 spiro atoms. The summed E-state index contributed by atoms with van der Waals surface area (Å²) in [6, 6.07) is 62.0. The Hall–Kier alpha value is -14.2. The molecule has 28 heteroatoms. The summed E-state index contributed by atoms with van der Waals surface area (Å²) in [5.41, 5.74) is 17.5. The van der Waals surface area contributed by atoms with Crippen molar-refractivity contribution in [2.75, 3.05) is 40.9 Å². The van der Waals surface area contributed by atoms with Crippen molar-refractivity contribution in [1.29, 1.82) is 0 Å². The molecule has 140 heavy (non-hydrogen) atoms. The Morgan fingerprint density at radius 2 is 0.600 bits per heavy atom. The van der Waals surface area contributed by atoms with Gasteiger partial charge < -0.3 is 81.1 Å². The maximum Gasteiger partial charge on any atom is 0.407 e. The first-order valence-electron chi connectivity index (χ1n) is 48.9. The first-order chi connectivity index (χ1) is 66.6. The Bertz CT molecular complexity index is 5950. The molecule has 1 fully saturated rings. The lowest BCUT2D eigenvalue weighted by Gasteiger charge is -2.39. The van der Waals surface area contributed by atoms with E-state index in [-0.39, 0.29) is 132 Å². The van der Waals surface area contributed by atoms with Gasteiger partial charge in [0, 0.05) is 122 Å². The molecule has 8 atom stereocenters. The lowest BCUT2D eigenvalue weighted by Crippen LogP contribution is -2.45. The van der Waals surface area contributed by atoms with E-state index in [1.807, 2.05) is 250 Å². The highest BCUT2D eigenvalue weighted by Crippen LogP contribution is 2.46. The van der Waals surface area contributed by atoms with Gasteiger partial charge in [0.05, 0.1) is 48.6 Å². The molecule has 0 radical (unpaired) electrons. The zero-order valence-corrected chi connectivity index (χ0v) is 84.3. The summed E-state index contributed by atoms with van der Waals surface area (Å²) >= 11 is 0. The Labute approximate surface area is 823 Å². The summed E-state index contributed by atoms with van der Waals surface area (Å²) in [5, 5.41) is 23.9. The van der Waals surface area contributed by atoms with Gasteiger partial charge >= 0.3 is 24.4 Å². The molecule has 8 N–H and O–H groups in total. The largest absolute Gasteiger partial charge is 0.447 e. The van der Waals surface area contributed by atoms with Crippen LogP contribution >= 0.6 is 0 Å². The fourth-order valence-electron chi connectivity index (χ4n) is 18.9. The molecule has 0 aromatic heterocycles. The first kappa shape index (κ1) is 106. The number of nitrogens with one attached hydrogen (secondary N) is 8. The standard InChI is InChI=1S/C30H39N3O4.C29H31N3O4.C27H35N3O4.C26H33N3O4/c1-18(2)37-30(36)32-27-15-20(4)33(21(5)34)28-14-13-24(17-26(27)28)23-7-6-8-25(16-23)31-29(35)22-11-9-19(3)10-12-22;1-18(2)36-29(35)31-26-15-19(3)32(20(4)33)27-14-13-23(17-25(26)27)22-11-8-12-24(16-22)30-28(34)21-9-6-5-7-10-21;1-16(2)12-26(32)28-22-9-7-8-20(14-22)21-10-11-25-23(15-21)24(29-27(33)34-17(3)4)13-18(5)30(25)19(6)31;1-6-8-25(31)27-21-10-7-9-19(14-21)20-11-12-24-22(15-20)23(28-26(32)33-16(2)3)13-17(4)29(24)18(5)30/h6-8,13-14,16-20,22,27H,9-12,15H2,1-5H3,(H,31,35)(H,32,36);5-14,16-19,26H,15H2,1-4H3,(H,30,34)(H,31,35);7-11,14-18,24H,12-13H2,1-6H3,(H,28,32)(H,29,33);7,9-12,14-17,23H,6,8,13H2,1-5H3,(H,27,31)(H,28,32)/t19?,20-,22?,27+;19-,26+;18-,24+;17-,23+/m0000/s1. The Morgan fingerprint density at radius 1 is 0.321 bits per heavy atom. The van der Waals surface area contributed by atoms with E-state index in [9.17, 15) is 57.5 Å². The smallest absolute Gasteiger partial charge is 0.407 e. The molecular weight excluding hydrogens is 1770 g/mol. The van der Waals surface area contributed by atoms with Crippen molar-refractivity contribution in [2.45, 2.75) is 282 Å². The first-order valence-corrected chi connectivity index (χ1v) is 48.9. The van der Waals surface area contributed by atoms with Gasteiger partial charge in [0.15, 0.2) is 0 Å². The quantitative estimate of drug-likeness (QED) is 0.0292. The van der Waals surface area contributed by atoms with E-state index >= 15 is 0 Å². The second-order valence-corrected chi connectivity index (χ2v) is 38.6. The van der Waals surface area contributed by atoms with Crippen LogP contribution in [0.1, 0.15) is 266 Å². The van der Waals surface area contributed by atoms with Crippen LogP contribution in [-0.4, -0.2) is 120 Å². The molecule has 4 aliphatic heterocycles. The van der Waals surface area contributed by atoms with Crippen LogP contribution in [0, 0.1) is 17.8 Å². The Balaban J connectivity index is 0.000000179. The van der Waals surface area contributed by atoms with E-state index in [4.69, 9.17) is 18.9 Å². The normalized spacial score (nSPS) is 18.8. The molecule has 1 saturated carbocycles. The van der Waals surface area contributed by atoms with Crippen LogP contribution in [-0.2, 0) is 52.5 Å². The minimum atomic E-state index is -0.486. The molecule has 14 rings (SSSR count). The maximum absolute atomic E-state index is 12.9. The number of anilines is 8. The van der Waals surface area contributed by atoms with Crippen LogP contribution in [0.3, 0.4) is 0 Å². The summed E-state index contributed by atoms with van der Waals surface area (Å²) < 4.78 is 21.2. The third kappa shape index (κ3) is 28.8. The molecule has 1 aliphatic carbocycles. The zero-order chi connectivity index (χ0) is 102. The Kier molecular flexibility index (Phi) is 37.1. The average molecular weight is 1910 g/mol. The lowest BCUT2D eigenvalue weighted by molar-refractivity contribution is -0.121. The summed E-state index contributed by atoms with van der Waals surface area (Å²) in [7, 11) is 0. The van der Waals surface area contributed by atoms with Crippen LogP contribution in [0.5, 0.6) is 0 Å². The number of benzene rings is 9. The minimum absolute atomic E-state index is 0.0147. The highest BCUT2D eigenvalue weighted by molar-refractivity contribution is 6.05. The number of hydrogen-bond donors (Lipinski definition) is 8. The van der Waals surface area contributed by atoms with E-state index in [0.29, 0.717) is 55.7 Å². The molecule has 12 amide bonds. The molecule has 4 heterocycles. The SMILES string of the molecule is CC(=O)N1c2ccc(-c3cccc(NC(=O)C4CCC(C)CC4)c3)cc2[C@H](NC(=O)OC(C)C)C[C@@H]1C.CC(=O)N1c2ccc(-c3cccc(NC(=O)CC(C)C)c3)cc2[C@H](NC(=O)OC(C)C)C[C@@H]1C.CC(=O)N1c2ccc(-c3cccc(NC(=O)c4ccccc4)c3)cc2[C@H](NC(=O)OC(C)C)C[C@@H]1C.CCCC(=O)Nc1cccc(-c2ccc3c(c2)[C@H](NC(=O)OC(C)C)C[C@H](C)N3C(C)=O)c1. The van der Waals surface area contributed by atoms with Crippen molar-refractivity contribution in [3.8, 4) is 44.5 Å². The molecule has 9 aromatic rings. The van der Waals surface area contributed by atoms with Gasteiger partial charge in [-0.2, -0.15) is 0 Å². The van der Waals surface area contributed by atoms with Gasteiger partial charge in [-0.15, -0.1) is 0 Å². The molecule has 28 nitrogen and oxygen atoms in total. The predicted octanol–water partition coefficient (Wildman–Crippen LogP) is 23.4. The lowest BCUT2D eigenvalue weighted by atomic mass is 9.82. The third-order valence-electron chi connectivity index (χ3n) is 25.0. The van der Waals surface area contributed by atoms with Gasteiger partial charge in [-0.25, -0.2) is 19.2 Å². The van der Waals surface area contributed by atoms with Gasteiger partial charge in [-0.3, -0.25) is 38.4 Å². The zero-order valence-electron chi connectivity index (χ0n) is 84.3. The minimum Gasteiger partial charge on any atom is -0.447 e. The molecule has 742 valence electrons. The summed E-state index contributed by atoms with van der Waals surface area (Å²) in [6.45, 7) is 36.8. The fourth-order valence-corrected chi connectivity index (χ4v) is 18.9. The topological polar surface area (TPSA) is 351 Å². The molecular formula is C112H138N12O16. The van der Waals surface area contributed by atoms with Crippen LogP contribution in [0.2, 0.25) is 0 Å². The van der Waals surface area contributed by atoms with Crippen molar-refractivity contribution in [3.05, 3.63) is 228 Å². The Morgan fingerprint density at radius 3 is 0.879 bits per heavy atom. The maximum atomic E-state index is 12.9. The number of carbonyl (C=O) groups excluding carboxylic acids is 12. The highest BCUT2D eigenvalue weighted by atomic mass is 16.6. The monoisotopic (exact) mass is 1910 g/mol. The second kappa shape index (κ2) is 48.9. The molecule has 0 saturated heterocycles. The number of hydrogen-bond acceptors (Lipinski definition) is 16. The van der Waals surface area contributed by atoms with Crippen molar-refractivity contribution < 1.29 is 76.5 Å². The molecule has 0 unspecified atom stereocenters. The van der Waals surface area contributed by atoms with E-state index in [1.165, 1.54) is 0 Å². The van der Waals surface area contributed by atoms with Gasteiger partial charge in [-0.05, 0) is 329 Å². The van der Waals surface area contributed by atoms with E-state index in [1.54, 1.807) is 101 Å². The van der Waals surface area contributed by atoms with E-state index in [0.717, 1.165) is 139 Å². The summed E-state index contributed by atoms with van der Waals surface area (Å²) in [6.07, 6.45) is 5.28. The number of nitrogens with zero attached hydrogens (tertiary/aromatic N) is 4. The van der Waals surface area contributed by atoms with Gasteiger partial charge in [-0.1, -0.05) is 119 Å². The van der Waals surface area contributed by atoms with E-state index in [2.05, 4.69) is 49.5 Å². The summed E-state index contributed by atoms with van der Waals surface area (Å²) in [4.78, 5) is 156. The van der Waals surface area contributed by atoms with Crippen molar-refractivity contribution in [1.82, 2.24) is 21.3 Å². The highest BCUT2D eigenvalue weighted by Gasteiger charge is 2.40. The molecule has 9 aromatic carbocycles. The second-order valence-electron chi connectivity index (χ2n) is 38.6. The number of alkyl carbamates (subject to hydrolysis) is 4. The van der Waals surface area contributed by atoms with Crippen molar-refractivity contribution >= 4 is 117 Å². The number of amides is 12. The van der Waals surface area contributed by atoms with Gasteiger partial charge in [0.1, 0.15) is 0 Å². The number of rotatable bonds is 22. The predicted molar refractivity (Wildman–Crippen MR) is 552 cm³/mol. The number of ether oxygens (including phenoxy) is 4. The van der Waals surface area contributed by atoms with Crippen molar-refractivity contribution in [3.63, 3.8) is 0 Å². The number of carbonyl (C=O) groups is 12. The molecule has 5 aliphatic rings. The third-order valence-corrected chi connectivity index (χ3v) is 25.0. The van der Waals surface area contributed by atoms with Gasteiger partial charge in [0.25, 0.3) is 5.91 Å². The van der Waals surface area contributed by atoms with Crippen LogP contribution < -0.4 is 62.1 Å². The van der Waals surface area contributed by atoms with Crippen molar-refractivity contribution in [2.24, 2.45) is 17.8 Å². The van der Waals surface area contributed by atoms with Crippen LogP contribution in [0.4, 0.5) is 64.7 Å². The van der Waals surface area contributed by atoms with Gasteiger partial charge in [0.2, 0.25) is 41.4 Å². The fraction of sp³-hybridized carbons (Fsp3) is 0.411. The van der Waals surface area contributed by atoms with Crippen LogP contribution in [0.15, 0.2) is 200 Å². The average Bonchev–Trinajstić information content (AvgIpc) is 0.778.